The topological polar surface area (TPSA) is 116 Å². The minimum absolute atomic E-state index is 0.0479. The van der Waals surface area contributed by atoms with Gasteiger partial charge in [0.2, 0.25) is 5.89 Å². The summed E-state index contributed by atoms with van der Waals surface area (Å²) in [5.41, 5.74) is 7.12. The van der Waals surface area contributed by atoms with E-state index < -0.39 is 4.92 Å². The van der Waals surface area contributed by atoms with Gasteiger partial charge >= 0.3 is 0 Å². The molecule has 0 aliphatic carbocycles. The zero-order chi connectivity index (χ0) is 18.4. The minimum atomic E-state index is -0.440. The Morgan fingerprint density at radius 1 is 1.40 bits per heavy atom. The number of nitrogens with zero attached hydrogens (tertiary/aromatic N) is 3. The number of carbonyl (C=O) groups excluding carboxylic acids is 1. The molecule has 8 heteroatoms. The largest absolute Gasteiger partial charge is 0.446 e. The summed E-state index contributed by atoms with van der Waals surface area (Å²) in [7, 11) is 1.67. The van der Waals surface area contributed by atoms with E-state index in [9.17, 15) is 14.9 Å². The second-order valence-electron chi connectivity index (χ2n) is 5.87. The van der Waals surface area contributed by atoms with E-state index >= 15 is 0 Å². The molecule has 1 aromatic heterocycles. The Balaban J connectivity index is 1.92. The van der Waals surface area contributed by atoms with Crippen LogP contribution in [-0.4, -0.2) is 34.3 Å². The van der Waals surface area contributed by atoms with Crippen molar-refractivity contribution in [3.63, 3.8) is 0 Å². The van der Waals surface area contributed by atoms with Crippen LogP contribution in [0.2, 0.25) is 0 Å². The number of rotatable bonds is 8. The van der Waals surface area contributed by atoms with Crippen LogP contribution < -0.4 is 5.73 Å². The third-order valence-electron chi connectivity index (χ3n) is 3.89. The number of amides is 1. The number of nitro groups is 1. The first-order chi connectivity index (χ1) is 11.9. The molecule has 2 rings (SSSR count). The highest BCUT2D eigenvalue weighted by Gasteiger charge is 2.19. The van der Waals surface area contributed by atoms with Crippen molar-refractivity contribution < 1.29 is 14.1 Å². The Morgan fingerprint density at radius 2 is 2.08 bits per heavy atom. The fraction of sp³-hybridized carbons (Fsp3) is 0.412. The highest BCUT2D eigenvalue weighted by Crippen LogP contribution is 2.16. The summed E-state index contributed by atoms with van der Waals surface area (Å²) in [6.07, 6.45) is 3.56. The van der Waals surface area contributed by atoms with Gasteiger partial charge in [-0.2, -0.15) is 0 Å². The van der Waals surface area contributed by atoms with Crippen molar-refractivity contribution in [3.8, 4) is 0 Å². The number of hydrogen-bond donors (Lipinski definition) is 1. The lowest BCUT2D eigenvalue weighted by molar-refractivity contribution is -0.384. The smallest absolute Gasteiger partial charge is 0.275 e. The Labute approximate surface area is 145 Å². The van der Waals surface area contributed by atoms with Crippen molar-refractivity contribution in [2.24, 2.45) is 5.73 Å². The summed E-state index contributed by atoms with van der Waals surface area (Å²) in [6.45, 7) is 2.47. The molecule has 2 N–H and O–H groups in total. The molecule has 0 radical (unpaired) electrons. The predicted molar refractivity (Wildman–Crippen MR) is 92.1 cm³/mol. The van der Waals surface area contributed by atoms with Gasteiger partial charge in [0.25, 0.3) is 11.6 Å². The molecule has 0 fully saturated rings. The average molecular weight is 346 g/mol. The summed E-state index contributed by atoms with van der Waals surface area (Å²) in [4.78, 5) is 28.3. The number of aromatic nitrogens is 1. The van der Waals surface area contributed by atoms with Crippen LogP contribution in [0.1, 0.15) is 47.7 Å². The Bertz CT molecular complexity index is 727. The molecule has 0 aliphatic heterocycles. The summed E-state index contributed by atoms with van der Waals surface area (Å²) < 4.78 is 5.30. The van der Waals surface area contributed by atoms with Gasteiger partial charge in [0.05, 0.1) is 11.0 Å². The van der Waals surface area contributed by atoms with Crippen LogP contribution in [0, 0.1) is 10.1 Å². The van der Waals surface area contributed by atoms with E-state index in [1.165, 1.54) is 23.3 Å². The fourth-order valence-electron chi connectivity index (χ4n) is 2.37. The molecule has 2 aromatic rings. The maximum Gasteiger partial charge on any atom is 0.275 e. The summed E-state index contributed by atoms with van der Waals surface area (Å²) in [5.74, 6) is 0.120. The Morgan fingerprint density at radius 3 is 2.68 bits per heavy atom. The van der Waals surface area contributed by atoms with Gasteiger partial charge in [0, 0.05) is 25.7 Å². The van der Waals surface area contributed by atoms with Crippen molar-refractivity contribution in [2.75, 3.05) is 13.6 Å². The lowest BCUT2D eigenvalue weighted by Crippen LogP contribution is -2.29. The minimum Gasteiger partial charge on any atom is -0.446 e. The van der Waals surface area contributed by atoms with E-state index in [-0.39, 0.29) is 23.3 Å². The van der Waals surface area contributed by atoms with Crippen LogP contribution in [0.4, 0.5) is 5.69 Å². The van der Waals surface area contributed by atoms with E-state index in [4.69, 9.17) is 10.2 Å². The van der Waals surface area contributed by atoms with Gasteiger partial charge in [-0.05, 0) is 18.4 Å². The monoisotopic (exact) mass is 346 g/mol. The number of nitrogens with two attached hydrogens (primary N) is 1. The Hall–Kier alpha value is -2.74. The normalized spacial score (nSPS) is 12.0. The molecular formula is C17H22N4O4. The van der Waals surface area contributed by atoms with Gasteiger partial charge in [-0.25, -0.2) is 4.98 Å². The number of benzene rings is 1. The second kappa shape index (κ2) is 8.39. The number of carbonyl (C=O) groups is 1. The zero-order valence-electron chi connectivity index (χ0n) is 14.3. The number of non-ortho nitro benzene ring substituents is 1. The number of oxazole rings is 1. The molecule has 134 valence electrons. The lowest BCUT2D eigenvalue weighted by atomic mass is 10.1. The molecule has 1 heterocycles. The standard InChI is InChI=1S/C17H22N4O4/c1-3-4-14(18)16-19-15(11-25-16)17(22)20(2)10-9-12-5-7-13(8-6-12)21(23)24/h5-8,11,14H,3-4,9-10,18H2,1-2H3. The van der Waals surface area contributed by atoms with Crippen molar-refractivity contribution in [1.82, 2.24) is 9.88 Å². The average Bonchev–Trinajstić information content (AvgIpc) is 3.09. The van der Waals surface area contributed by atoms with Crippen LogP contribution in [0.3, 0.4) is 0 Å². The lowest BCUT2D eigenvalue weighted by Gasteiger charge is -2.15. The zero-order valence-corrected chi connectivity index (χ0v) is 14.3. The number of hydrogen-bond acceptors (Lipinski definition) is 6. The molecule has 0 spiro atoms. The molecule has 1 unspecified atom stereocenters. The van der Waals surface area contributed by atoms with E-state index in [1.54, 1.807) is 19.2 Å². The van der Waals surface area contributed by atoms with Crippen LogP contribution in [0.5, 0.6) is 0 Å². The molecule has 1 aromatic carbocycles. The predicted octanol–water partition coefficient (Wildman–Crippen LogP) is 2.70. The number of nitro benzene ring substituents is 1. The SMILES string of the molecule is CCCC(N)c1nc(C(=O)N(C)CCc2ccc([N+](=O)[O-])cc2)co1. The first kappa shape index (κ1) is 18.6. The molecule has 0 saturated carbocycles. The van der Waals surface area contributed by atoms with Crippen molar-refractivity contribution >= 4 is 11.6 Å². The van der Waals surface area contributed by atoms with Crippen LogP contribution >= 0.6 is 0 Å². The van der Waals surface area contributed by atoms with Gasteiger partial charge in [-0.3, -0.25) is 14.9 Å². The maximum atomic E-state index is 12.4. The molecular weight excluding hydrogens is 324 g/mol. The first-order valence-electron chi connectivity index (χ1n) is 8.12. The van der Waals surface area contributed by atoms with Crippen molar-refractivity contribution in [1.29, 1.82) is 0 Å². The molecule has 1 amide bonds. The number of likely N-dealkylation sites (N-methyl/N-ethyl adjacent to an activating group) is 1. The van der Waals surface area contributed by atoms with Gasteiger partial charge in [0.15, 0.2) is 5.69 Å². The first-order valence-corrected chi connectivity index (χ1v) is 8.12. The quantitative estimate of drug-likeness (QED) is 0.580. The fourth-order valence-corrected chi connectivity index (χ4v) is 2.37. The van der Waals surface area contributed by atoms with E-state index in [0.717, 1.165) is 18.4 Å². The second-order valence-corrected chi connectivity index (χ2v) is 5.87. The molecule has 1 atom stereocenters. The molecule has 8 nitrogen and oxygen atoms in total. The van der Waals surface area contributed by atoms with Crippen LogP contribution in [0.25, 0.3) is 0 Å². The summed E-state index contributed by atoms with van der Waals surface area (Å²) in [5, 5.41) is 10.6. The van der Waals surface area contributed by atoms with Crippen LogP contribution in [-0.2, 0) is 6.42 Å². The van der Waals surface area contributed by atoms with Crippen molar-refractivity contribution in [3.05, 3.63) is 57.8 Å². The van der Waals surface area contributed by atoms with Gasteiger partial charge < -0.3 is 15.1 Å². The van der Waals surface area contributed by atoms with Gasteiger partial charge in [0.1, 0.15) is 6.26 Å². The van der Waals surface area contributed by atoms with Crippen LogP contribution in [0.15, 0.2) is 34.9 Å². The molecule has 25 heavy (non-hydrogen) atoms. The van der Waals surface area contributed by atoms with Gasteiger partial charge in [-0.1, -0.05) is 25.5 Å². The van der Waals surface area contributed by atoms with Crippen molar-refractivity contribution in [2.45, 2.75) is 32.2 Å². The Kier molecular flexibility index (Phi) is 6.24. The highest BCUT2D eigenvalue weighted by molar-refractivity contribution is 5.91. The summed E-state index contributed by atoms with van der Waals surface area (Å²) in [6, 6.07) is 5.98. The molecule has 0 saturated heterocycles. The third kappa shape index (κ3) is 4.87. The summed E-state index contributed by atoms with van der Waals surface area (Å²) >= 11 is 0. The highest BCUT2D eigenvalue weighted by atomic mass is 16.6. The molecule has 0 aliphatic rings. The van der Waals surface area contributed by atoms with Gasteiger partial charge in [-0.15, -0.1) is 0 Å². The van der Waals surface area contributed by atoms with E-state index in [2.05, 4.69) is 4.98 Å². The molecule has 0 bridgehead atoms. The maximum absolute atomic E-state index is 12.4. The van der Waals surface area contributed by atoms with E-state index in [0.29, 0.717) is 18.9 Å². The van der Waals surface area contributed by atoms with E-state index in [1.807, 2.05) is 6.92 Å². The third-order valence-corrected chi connectivity index (χ3v) is 3.89.